The highest BCUT2D eigenvalue weighted by Gasteiger charge is 2.29. The lowest BCUT2D eigenvalue weighted by Crippen LogP contribution is -2.50. The molecule has 0 spiro atoms. The van der Waals surface area contributed by atoms with Gasteiger partial charge in [0.25, 0.3) is 0 Å². The topological polar surface area (TPSA) is 49.3 Å². The van der Waals surface area contributed by atoms with E-state index < -0.39 is 0 Å². The lowest BCUT2D eigenvalue weighted by Gasteiger charge is -2.37. The Kier molecular flexibility index (Phi) is 5.69. The molecule has 1 atom stereocenters. The molecule has 1 aromatic rings. The second-order valence-corrected chi connectivity index (χ2v) is 7.27. The maximum absolute atomic E-state index is 12.9. The van der Waals surface area contributed by atoms with Crippen LogP contribution in [-0.2, 0) is 4.79 Å². The number of rotatable bonds is 5. The summed E-state index contributed by atoms with van der Waals surface area (Å²) < 4.78 is 0. The Labute approximate surface area is 145 Å². The van der Waals surface area contributed by atoms with E-state index in [0.29, 0.717) is 5.91 Å². The first kappa shape index (κ1) is 17.2. The Bertz CT molecular complexity index is 548. The number of anilines is 1. The van der Waals surface area contributed by atoms with Crippen LogP contribution in [-0.4, -0.2) is 47.0 Å². The first-order valence-electron chi connectivity index (χ1n) is 9.50. The number of carbonyl (C=O) groups is 1. The number of piperazine rings is 1. The van der Waals surface area contributed by atoms with E-state index in [0.717, 1.165) is 56.6 Å². The van der Waals surface area contributed by atoms with E-state index in [9.17, 15) is 4.79 Å². The molecule has 0 aromatic carbocycles. The van der Waals surface area contributed by atoms with Crippen LogP contribution in [0.15, 0.2) is 12.3 Å². The van der Waals surface area contributed by atoms with Crippen molar-refractivity contribution in [3.63, 3.8) is 0 Å². The van der Waals surface area contributed by atoms with Crippen molar-refractivity contribution in [1.82, 2.24) is 14.9 Å². The molecule has 3 rings (SSSR count). The third-order valence-corrected chi connectivity index (χ3v) is 5.61. The predicted molar refractivity (Wildman–Crippen MR) is 95.9 cm³/mol. The largest absolute Gasteiger partial charge is 0.353 e. The summed E-state index contributed by atoms with van der Waals surface area (Å²) in [7, 11) is 0. The van der Waals surface area contributed by atoms with Gasteiger partial charge in [0.1, 0.15) is 11.6 Å². The van der Waals surface area contributed by atoms with E-state index in [-0.39, 0.29) is 5.92 Å². The number of carbonyl (C=O) groups excluding carboxylic acids is 1. The van der Waals surface area contributed by atoms with Crippen molar-refractivity contribution in [2.45, 2.75) is 52.4 Å². The predicted octanol–water partition coefficient (Wildman–Crippen LogP) is 3.04. The van der Waals surface area contributed by atoms with Crippen LogP contribution >= 0.6 is 0 Å². The Morgan fingerprint density at radius 2 is 1.96 bits per heavy atom. The zero-order valence-corrected chi connectivity index (χ0v) is 15.1. The van der Waals surface area contributed by atoms with Crippen LogP contribution in [0, 0.1) is 18.8 Å². The molecule has 1 aromatic heterocycles. The summed E-state index contributed by atoms with van der Waals surface area (Å²) >= 11 is 0. The summed E-state index contributed by atoms with van der Waals surface area (Å²) in [4.78, 5) is 25.9. The lowest BCUT2D eigenvalue weighted by molar-refractivity contribution is -0.136. The molecule has 1 aliphatic carbocycles. The van der Waals surface area contributed by atoms with E-state index in [1.807, 2.05) is 19.2 Å². The number of hydrogen-bond acceptors (Lipinski definition) is 4. The molecular weight excluding hydrogens is 300 g/mol. The average molecular weight is 330 g/mol. The summed E-state index contributed by atoms with van der Waals surface area (Å²) in [6, 6.07) is 1.96. The maximum atomic E-state index is 12.9. The number of amides is 1. The molecule has 1 aliphatic heterocycles. The number of nitrogens with zero attached hydrogens (tertiary/aromatic N) is 4. The first-order valence-corrected chi connectivity index (χ1v) is 9.50. The van der Waals surface area contributed by atoms with Gasteiger partial charge in [-0.3, -0.25) is 4.79 Å². The molecule has 132 valence electrons. The molecule has 24 heavy (non-hydrogen) atoms. The highest BCUT2D eigenvalue weighted by atomic mass is 16.2. The third-order valence-electron chi connectivity index (χ3n) is 5.61. The molecule has 1 amide bonds. The van der Waals surface area contributed by atoms with Gasteiger partial charge in [-0.15, -0.1) is 0 Å². The second-order valence-electron chi connectivity index (χ2n) is 7.27. The Morgan fingerprint density at radius 1 is 1.25 bits per heavy atom. The van der Waals surface area contributed by atoms with E-state index >= 15 is 0 Å². The van der Waals surface area contributed by atoms with Gasteiger partial charge in [0.2, 0.25) is 5.91 Å². The summed E-state index contributed by atoms with van der Waals surface area (Å²) in [6.07, 6.45) is 9.24. The quantitative estimate of drug-likeness (QED) is 0.832. The molecular formula is C19H30N4O. The summed E-state index contributed by atoms with van der Waals surface area (Å²) in [5.41, 5.74) is 0. The average Bonchev–Trinajstić information content (AvgIpc) is 3.12. The van der Waals surface area contributed by atoms with Crippen LogP contribution in [0.25, 0.3) is 0 Å². The summed E-state index contributed by atoms with van der Waals surface area (Å²) in [6.45, 7) is 7.42. The van der Waals surface area contributed by atoms with Crippen molar-refractivity contribution in [2.24, 2.45) is 11.8 Å². The molecule has 2 aliphatic rings. The molecule has 2 fully saturated rings. The van der Waals surface area contributed by atoms with E-state index in [2.05, 4.69) is 26.7 Å². The number of aromatic nitrogens is 2. The standard InChI is InChI=1S/C19H30N4O/c1-3-17(14-16-6-4-5-7-16)19(24)23-12-10-22(11-13-23)18-8-9-20-15(2)21-18/h8-9,16-17H,3-7,10-14H2,1-2H3. The van der Waals surface area contributed by atoms with E-state index in [4.69, 9.17) is 0 Å². The zero-order chi connectivity index (χ0) is 16.9. The van der Waals surface area contributed by atoms with Crippen molar-refractivity contribution in [3.8, 4) is 0 Å². The van der Waals surface area contributed by atoms with E-state index in [1.54, 1.807) is 0 Å². The van der Waals surface area contributed by atoms with Crippen molar-refractivity contribution in [1.29, 1.82) is 0 Å². The molecule has 5 nitrogen and oxygen atoms in total. The minimum Gasteiger partial charge on any atom is -0.353 e. The van der Waals surface area contributed by atoms with Crippen molar-refractivity contribution in [2.75, 3.05) is 31.1 Å². The molecule has 0 radical (unpaired) electrons. The number of aryl methyl sites for hydroxylation is 1. The molecule has 2 heterocycles. The van der Waals surface area contributed by atoms with Gasteiger partial charge in [0.15, 0.2) is 0 Å². The normalized spacial score (nSPS) is 20.4. The third kappa shape index (κ3) is 4.05. The minimum atomic E-state index is 0.223. The highest BCUT2D eigenvalue weighted by molar-refractivity contribution is 5.79. The van der Waals surface area contributed by atoms with Gasteiger partial charge in [0.05, 0.1) is 0 Å². The zero-order valence-electron chi connectivity index (χ0n) is 15.1. The van der Waals surface area contributed by atoms with Crippen LogP contribution in [0.1, 0.15) is 51.3 Å². The Balaban J connectivity index is 1.53. The summed E-state index contributed by atoms with van der Waals surface area (Å²) in [5.74, 6) is 3.16. The second kappa shape index (κ2) is 7.95. The molecule has 0 bridgehead atoms. The Hall–Kier alpha value is -1.65. The van der Waals surface area contributed by atoms with Crippen molar-refractivity contribution < 1.29 is 4.79 Å². The smallest absolute Gasteiger partial charge is 0.225 e. The summed E-state index contributed by atoms with van der Waals surface area (Å²) in [5, 5.41) is 0. The van der Waals surface area contributed by atoms with Crippen LogP contribution in [0.5, 0.6) is 0 Å². The van der Waals surface area contributed by atoms with Crippen LogP contribution in [0.3, 0.4) is 0 Å². The Morgan fingerprint density at radius 3 is 2.58 bits per heavy atom. The fourth-order valence-electron chi connectivity index (χ4n) is 4.12. The maximum Gasteiger partial charge on any atom is 0.225 e. The highest BCUT2D eigenvalue weighted by Crippen LogP contribution is 2.32. The molecule has 0 N–H and O–H groups in total. The SMILES string of the molecule is CCC(CC1CCCC1)C(=O)N1CCN(c2ccnc(C)n2)CC1. The lowest BCUT2D eigenvalue weighted by atomic mass is 9.90. The van der Waals surface area contributed by atoms with Crippen LogP contribution in [0.4, 0.5) is 5.82 Å². The van der Waals surface area contributed by atoms with Crippen molar-refractivity contribution in [3.05, 3.63) is 18.1 Å². The number of hydrogen-bond donors (Lipinski definition) is 0. The first-order chi connectivity index (χ1) is 11.7. The van der Waals surface area contributed by atoms with Gasteiger partial charge in [-0.25, -0.2) is 9.97 Å². The minimum absolute atomic E-state index is 0.223. The fraction of sp³-hybridized carbons (Fsp3) is 0.737. The molecule has 5 heteroatoms. The van der Waals surface area contributed by atoms with Gasteiger partial charge >= 0.3 is 0 Å². The molecule has 1 saturated heterocycles. The van der Waals surface area contributed by atoms with Gasteiger partial charge in [-0.1, -0.05) is 32.6 Å². The monoisotopic (exact) mass is 330 g/mol. The molecule has 1 saturated carbocycles. The van der Waals surface area contributed by atoms with Gasteiger partial charge in [-0.2, -0.15) is 0 Å². The van der Waals surface area contributed by atoms with Crippen LogP contribution in [0.2, 0.25) is 0 Å². The molecule has 1 unspecified atom stereocenters. The van der Waals surface area contributed by atoms with Gasteiger partial charge < -0.3 is 9.80 Å². The van der Waals surface area contributed by atoms with Crippen LogP contribution < -0.4 is 4.90 Å². The van der Waals surface area contributed by atoms with E-state index in [1.165, 1.54) is 25.7 Å². The fourth-order valence-corrected chi connectivity index (χ4v) is 4.12. The van der Waals surface area contributed by atoms with Gasteiger partial charge in [-0.05, 0) is 31.7 Å². The van der Waals surface area contributed by atoms with Gasteiger partial charge in [0, 0.05) is 38.3 Å². The van der Waals surface area contributed by atoms with Crippen molar-refractivity contribution >= 4 is 11.7 Å².